The predicted octanol–water partition coefficient (Wildman–Crippen LogP) is 4.14. The molecule has 26 heteroatoms. The molecule has 0 spiro atoms. The van der Waals surface area contributed by atoms with Gasteiger partial charge in [0.05, 0.1) is 0 Å². The van der Waals surface area contributed by atoms with Crippen molar-refractivity contribution in [1.82, 2.24) is 0 Å². The fourth-order valence-electron chi connectivity index (χ4n) is 2.59. The summed E-state index contributed by atoms with van der Waals surface area (Å²) in [5.41, 5.74) is -21.7. The van der Waals surface area contributed by atoms with Gasteiger partial charge in [-0.05, 0) is 0 Å². The first kappa shape index (κ1) is 34.4. The number of alkyl halides is 6. The van der Waals surface area contributed by atoms with Crippen molar-refractivity contribution in [3.05, 3.63) is 58.2 Å². The van der Waals surface area contributed by atoms with Crippen molar-refractivity contribution in [2.24, 2.45) is 0 Å². The number of carbonyl (C=O) groups is 2. The monoisotopic (exact) mass is 684 g/mol. The number of rotatable bonds is 4. The Hall–Kier alpha value is -3.84. The van der Waals surface area contributed by atoms with Crippen molar-refractivity contribution in [3.8, 4) is 0 Å². The summed E-state index contributed by atoms with van der Waals surface area (Å²) in [6.07, 6.45) is 0. The second kappa shape index (κ2) is 10.5. The van der Waals surface area contributed by atoms with Crippen LogP contribution in [-0.2, 0) is 29.6 Å². The van der Waals surface area contributed by atoms with Gasteiger partial charge in [0.25, 0.3) is 0 Å². The summed E-state index contributed by atoms with van der Waals surface area (Å²) in [5.74, 6) is -43.8. The van der Waals surface area contributed by atoms with Gasteiger partial charge in [-0.15, -0.1) is 0 Å². The summed E-state index contributed by atoms with van der Waals surface area (Å²) in [7, 11) is -16.3. The van der Waals surface area contributed by atoms with Crippen LogP contribution in [0, 0.1) is 58.2 Å². The highest BCUT2D eigenvalue weighted by atomic mass is 32.2. The number of benzene rings is 2. The minimum Gasteiger partial charge on any atom is -0.262 e. The normalized spacial score (nSPS) is 12.9. The molecule has 0 aliphatic heterocycles. The third kappa shape index (κ3) is 5.04. The van der Waals surface area contributed by atoms with E-state index in [0.29, 0.717) is 0 Å². The zero-order chi connectivity index (χ0) is 33.2. The molecule has 42 heavy (non-hydrogen) atoms. The van der Waals surface area contributed by atoms with Crippen molar-refractivity contribution in [1.29, 1.82) is 0 Å². The average molecular weight is 684 g/mol. The van der Waals surface area contributed by atoms with E-state index in [0.717, 1.165) is 0 Å². The number of carbonyl (C=O) groups excluding carboxylic acids is 2. The lowest BCUT2D eigenvalue weighted by Gasteiger charge is -2.28. The molecule has 2 rings (SSSR count). The molecule has 2 aromatic carbocycles. The molecule has 0 aromatic heterocycles. The first-order valence-corrected chi connectivity index (χ1v) is 11.9. The number of hydrogen-bond donors (Lipinski definition) is 0. The molecule has 0 N–H and O–H groups in total. The van der Waals surface area contributed by atoms with Crippen LogP contribution in [0.15, 0.2) is 0 Å². The number of sulfonamides is 2. The fraction of sp³-hybridized carbons (Fsp3) is 0.125. The number of nitrogens with zero attached hydrogens (tertiary/aromatic N) is 2. The van der Waals surface area contributed by atoms with E-state index in [9.17, 15) is 96.7 Å². The second-order valence-corrected chi connectivity index (χ2v) is 10.4. The Morgan fingerprint density at radius 2 is 0.571 bits per heavy atom. The van der Waals surface area contributed by atoms with Crippen LogP contribution in [0.3, 0.4) is 0 Å². The molecule has 0 fully saturated rings. The highest BCUT2D eigenvalue weighted by Crippen LogP contribution is 2.40. The molecule has 0 aliphatic rings. The van der Waals surface area contributed by atoms with E-state index in [1.165, 1.54) is 0 Å². The minimum absolute atomic E-state index is 2.85. The molecular formula is C16F16N2O6S2. The first-order chi connectivity index (χ1) is 18.7. The summed E-state index contributed by atoms with van der Waals surface area (Å²) in [6, 6.07) is 0. The number of halogens is 16. The van der Waals surface area contributed by atoms with E-state index < -0.39 is 121 Å². The molecule has 0 bridgehead atoms. The predicted molar refractivity (Wildman–Crippen MR) is 97.4 cm³/mol. The lowest BCUT2D eigenvalue weighted by Crippen LogP contribution is -2.55. The first-order valence-electron chi connectivity index (χ1n) is 9.02. The zero-order valence-corrected chi connectivity index (χ0v) is 19.8. The minimum atomic E-state index is -8.14. The van der Waals surface area contributed by atoms with E-state index >= 15 is 0 Å². The summed E-state index contributed by atoms with van der Waals surface area (Å²) in [6.45, 7) is 0. The molecule has 2 amide bonds. The smallest absolute Gasteiger partial charge is 0.262 e. The van der Waals surface area contributed by atoms with Crippen LogP contribution >= 0.6 is 0 Å². The van der Waals surface area contributed by atoms with Crippen LogP contribution in [0.1, 0.15) is 0 Å². The van der Waals surface area contributed by atoms with Gasteiger partial charge < -0.3 is 0 Å². The highest BCUT2D eigenvalue weighted by Gasteiger charge is 2.60. The second-order valence-electron chi connectivity index (χ2n) is 6.88. The molecule has 0 radical (unpaired) electrons. The van der Waals surface area contributed by atoms with Crippen LogP contribution < -0.4 is 8.61 Å². The summed E-state index contributed by atoms with van der Waals surface area (Å²) < 4.78 is 259. The number of anilines is 2. The zero-order valence-electron chi connectivity index (χ0n) is 18.2. The summed E-state index contributed by atoms with van der Waals surface area (Å²) in [5, 5.41) is 0. The maximum atomic E-state index is 14.2. The number of hydrogen-bond acceptors (Lipinski definition) is 6. The average Bonchev–Trinajstić information content (AvgIpc) is 2.86. The van der Waals surface area contributed by atoms with E-state index in [1.54, 1.807) is 0 Å². The van der Waals surface area contributed by atoms with E-state index in [2.05, 4.69) is 0 Å². The van der Waals surface area contributed by atoms with Crippen molar-refractivity contribution in [2.45, 2.75) is 11.0 Å². The lowest BCUT2D eigenvalue weighted by molar-refractivity contribution is -0.135. The topological polar surface area (TPSA) is 109 Å². The maximum Gasteiger partial charge on any atom is 0.517 e. The van der Waals surface area contributed by atoms with Gasteiger partial charge >= 0.3 is 42.9 Å². The summed E-state index contributed by atoms with van der Waals surface area (Å²) >= 11 is 0. The van der Waals surface area contributed by atoms with Gasteiger partial charge in [0.2, 0.25) is 11.6 Å². The van der Waals surface area contributed by atoms with Gasteiger partial charge in [-0.3, -0.25) is 9.59 Å². The Bertz CT molecular complexity index is 1550. The van der Waals surface area contributed by atoms with Crippen molar-refractivity contribution in [2.75, 3.05) is 8.61 Å². The van der Waals surface area contributed by atoms with Gasteiger partial charge in [-0.25, -0.2) is 43.9 Å². The van der Waals surface area contributed by atoms with Gasteiger partial charge in [0.1, 0.15) is 11.4 Å². The van der Waals surface area contributed by atoms with Crippen LogP contribution in [0.4, 0.5) is 81.6 Å². The number of amides is 2. The van der Waals surface area contributed by atoms with Crippen LogP contribution in [-0.4, -0.2) is 39.7 Å². The Balaban J connectivity index is 3.16. The SMILES string of the molecule is O=C(C(=O)N(c1c(F)c(F)c(F)c(F)c1F)S(=O)(=O)C(F)(F)F)N(c1c(F)c(F)c(F)c(F)c1F)S(=O)(=O)C(F)(F)F. The Morgan fingerprint density at radius 3 is 0.738 bits per heavy atom. The Morgan fingerprint density at radius 1 is 0.405 bits per heavy atom. The molecule has 0 saturated carbocycles. The maximum absolute atomic E-state index is 14.2. The van der Waals surface area contributed by atoms with Crippen LogP contribution in [0.5, 0.6) is 0 Å². The Kier molecular flexibility index (Phi) is 8.56. The molecule has 0 aliphatic carbocycles. The van der Waals surface area contributed by atoms with Gasteiger partial charge in [0, 0.05) is 0 Å². The molecule has 234 valence electrons. The van der Waals surface area contributed by atoms with Crippen LogP contribution in [0.25, 0.3) is 0 Å². The van der Waals surface area contributed by atoms with Crippen molar-refractivity contribution in [3.63, 3.8) is 0 Å². The molecule has 0 atom stereocenters. The molecule has 8 nitrogen and oxygen atoms in total. The standard InChI is InChI=1S/C16F16N2O6S2/c17-1-3(19)7(23)11(8(24)4(1)20)33(41(37,38)15(27,28)29)13(35)14(36)34(42(39,40)16(30,31)32)12-9(25)5(21)2(18)6(22)10(12)26. The highest BCUT2D eigenvalue weighted by molar-refractivity contribution is 7.95. The van der Waals surface area contributed by atoms with Gasteiger partial charge in [-0.1, -0.05) is 0 Å². The van der Waals surface area contributed by atoms with Gasteiger partial charge in [0.15, 0.2) is 46.5 Å². The molecular weight excluding hydrogens is 684 g/mol. The molecule has 2 aromatic rings. The lowest BCUT2D eigenvalue weighted by atomic mass is 10.2. The molecule has 0 unspecified atom stereocenters. The molecule has 0 heterocycles. The van der Waals surface area contributed by atoms with Crippen LogP contribution in [0.2, 0.25) is 0 Å². The van der Waals surface area contributed by atoms with E-state index in [4.69, 9.17) is 0 Å². The molecule has 0 saturated heterocycles. The third-order valence-corrected chi connectivity index (χ3v) is 7.23. The summed E-state index contributed by atoms with van der Waals surface area (Å²) in [4.78, 5) is 24.9. The van der Waals surface area contributed by atoms with E-state index in [-0.39, 0.29) is 0 Å². The largest absolute Gasteiger partial charge is 0.517 e. The fourth-order valence-corrected chi connectivity index (χ4v) is 4.39. The van der Waals surface area contributed by atoms with E-state index in [1.807, 2.05) is 0 Å². The Labute approximate surface area is 218 Å². The third-order valence-electron chi connectivity index (χ3n) is 4.40. The van der Waals surface area contributed by atoms with Crippen molar-refractivity contribution < 1.29 is 96.7 Å². The quantitative estimate of drug-likeness (QED) is 0.208. The van der Waals surface area contributed by atoms with Gasteiger partial charge in [-0.2, -0.15) is 51.8 Å². The van der Waals surface area contributed by atoms with Crippen molar-refractivity contribution >= 4 is 43.2 Å².